The maximum atomic E-state index is 7.86. The largest absolute Gasteiger partial charge is 0.472 e. The number of nitrogens with one attached hydrogen (secondary N) is 2. The van der Waals surface area contributed by atoms with Gasteiger partial charge in [0.05, 0.1) is 0 Å². The van der Waals surface area contributed by atoms with Gasteiger partial charge in [-0.15, -0.1) is 0 Å². The molecular formula is C15H19B2N3. The third-order valence-corrected chi connectivity index (χ3v) is 3.24. The molecule has 0 spiro atoms. The molecule has 0 aliphatic heterocycles. The quantitative estimate of drug-likeness (QED) is 0.654. The molecule has 0 saturated heterocycles. The van der Waals surface area contributed by atoms with Crippen molar-refractivity contribution in [3.05, 3.63) is 53.6 Å². The first kappa shape index (κ1) is 14.3. The zero-order chi connectivity index (χ0) is 14.7. The van der Waals surface area contributed by atoms with Gasteiger partial charge in [0.2, 0.25) is 16.0 Å². The lowest BCUT2D eigenvalue weighted by Gasteiger charge is -2.16. The maximum Gasteiger partial charge on any atom is 0.202 e. The fraction of sp³-hybridized carbons (Fsp3) is 0.133. The predicted octanol–water partition coefficient (Wildman–Crippen LogP) is 2.03. The zero-order valence-corrected chi connectivity index (χ0v) is 12.5. The number of aryl methyl sites for hydroxylation is 1. The van der Waals surface area contributed by atoms with Gasteiger partial charge >= 0.3 is 0 Å². The van der Waals surface area contributed by atoms with Gasteiger partial charge in [-0.2, -0.15) is 0 Å². The molecule has 0 bridgehead atoms. The van der Waals surface area contributed by atoms with Crippen LogP contribution in [0.5, 0.6) is 0 Å². The standard InChI is InChI=1S/C15H19B2N3/c1-10-3-8-14(11(2)18)15(9-10)19-12-4-6-13(7-5-12)20(16)17/h3-9,18-19H,16-17H2,1-2H3. The molecule has 2 aromatic rings. The Bertz CT molecular complexity index is 622. The zero-order valence-electron chi connectivity index (χ0n) is 12.5. The van der Waals surface area contributed by atoms with Crippen LogP contribution >= 0.6 is 0 Å². The summed E-state index contributed by atoms with van der Waals surface area (Å²) in [6.45, 7) is 3.87. The molecule has 0 fully saturated rings. The second-order valence-corrected chi connectivity index (χ2v) is 5.24. The van der Waals surface area contributed by atoms with Crippen LogP contribution in [0, 0.1) is 12.3 Å². The van der Waals surface area contributed by atoms with E-state index in [0.29, 0.717) is 5.71 Å². The lowest BCUT2D eigenvalue weighted by molar-refractivity contribution is 1.40. The smallest absolute Gasteiger partial charge is 0.202 e. The van der Waals surface area contributed by atoms with Crippen LogP contribution in [0.15, 0.2) is 42.5 Å². The first-order valence-electron chi connectivity index (χ1n) is 6.68. The van der Waals surface area contributed by atoms with Crippen molar-refractivity contribution >= 4 is 38.7 Å². The molecule has 5 heteroatoms. The van der Waals surface area contributed by atoms with Crippen LogP contribution in [0.2, 0.25) is 0 Å². The van der Waals surface area contributed by atoms with Crippen molar-refractivity contribution in [2.24, 2.45) is 0 Å². The third kappa shape index (κ3) is 3.23. The summed E-state index contributed by atoms with van der Waals surface area (Å²) in [6, 6.07) is 14.4. The highest BCUT2D eigenvalue weighted by molar-refractivity contribution is 6.41. The van der Waals surface area contributed by atoms with Gasteiger partial charge in [0.1, 0.15) is 0 Å². The van der Waals surface area contributed by atoms with Crippen LogP contribution in [0.3, 0.4) is 0 Å². The van der Waals surface area contributed by atoms with Crippen molar-refractivity contribution < 1.29 is 0 Å². The fourth-order valence-corrected chi connectivity index (χ4v) is 2.09. The number of hydrogen-bond acceptors (Lipinski definition) is 3. The molecule has 2 N–H and O–H groups in total. The van der Waals surface area contributed by atoms with Crippen molar-refractivity contribution in [2.45, 2.75) is 13.8 Å². The van der Waals surface area contributed by atoms with Crippen LogP contribution in [0.25, 0.3) is 0 Å². The number of hydrogen-bond donors (Lipinski definition) is 2. The van der Waals surface area contributed by atoms with E-state index in [9.17, 15) is 0 Å². The molecule has 0 saturated carbocycles. The van der Waals surface area contributed by atoms with Crippen LogP contribution in [0.4, 0.5) is 17.1 Å². The Morgan fingerprint density at radius 2 is 1.75 bits per heavy atom. The van der Waals surface area contributed by atoms with E-state index in [2.05, 4.69) is 47.3 Å². The van der Waals surface area contributed by atoms with Crippen LogP contribution in [-0.4, -0.2) is 21.7 Å². The van der Waals surface area contributed by atoms with Gasteiger partial charge in [-0.1, -0.05) is 12.1 Å². The average Bonchev–Trinajstić information content (AvgIpc) is 2.39. The van der Waals surface area contributed by atoms with E-state index in [1.165, 1.54) is 11.3 Å². The van der Waals surface area contributed by atoms with Crippen molar-refractivity contribution in [1.82, 2.24) is 0 Å². The van der Waals surface area contributed by atoms with E-state index in [0.717, 1.165) is 16.9 Å². The van der Waals surface area contributed by atoms with Crippen LogP contribution in [0.1, 0.15) is 18.1 Å². The molecular weight excluding hydrogens is 244 g/mol. The topological polar surface area (TPSA) is 39.1 Å². The van der Waals surface area contributed by atoms with E-state index in [1.54, 1.807) is 0 Å². The van der Waals surface area contributed by atoms with Gasteiger partial charge in [-0.25, -0.2) is 0 Å². The second-order valence-electron chi connectivity index (χ2n) is 5.24. The molecule has 20 heavy (non-hydrogen) atoms. The van der Waals surface area contributed by atoms with Crippen LogP contribution in [-0.2, 0) is 0 Å². The minimum atomic E-state index is 0.567. The molecule has 0 aliphatic carbocycles. The van der Waals surface area contributed by atoms with Crippen molar-refractivity contribution in [1.29, 1.82) is 5.41 Å². The van der Waals surface area contributed by atoms with Gasteiger partial charge in [0.25, 0.3) is 0 Å². The first-order valence-corrected chi connectivity index (χ1v) is 6.68. The summed E-state index contributed by atoms with van der Waals surface area (Å²) in [5.41, 5.74) is 5.87. The SMILES string of the molecule is BN(B)c1ccc(Nc2cc(C)ccc2C(C)=N)cc1. The average molecular weight is 263 g/mol. The summed E-state index contributed by atoms with van der Waals surface area (Å²) in [4.78, 5) is 0. The summed E-state index contributed by atoms with van der Waals surface area (Å²) >= 11 is 0. The summed E-state index contributed by atoms with van der Waals surface area (Å²) in [6.07, 6.45) is 0. The molecule has 0 atom stereocenters. The highest BCUT2D eigenvalue weighted by Crippen LogP contribution is 2.24. The Morgan fingerprint density at radius 3 is 2.30 bits per heavy atom. The van der Waals surface area contributed by atoms with Crippen molar-refractivity contribution in [2.75, 3.05) is 10.0 Å². The highest BCUT2D eigenvalue weighted by Gasteiger charge is 2.05. The molecule has 0 aliphatic rings. The fourth-order valence-electron chi connectivity index (χ4n) is 2.09. The van der Waals surface area contributed by atoms with Crippen LogP contribution < -0.4 is 10.0 Å². The second kappa shape index (κ2) is 5.87. The Balaban J connectivity index is 2.29. The molecule has 0 radical (unpaired) electrons. The molecule has 0 heterocycles. The maximum absolute atomic E-state index is 7.86. The lowest BCUT2D eigenvalue weighted by Crippen LogP contribution is -2.13. The number of nitrogens with zero attached hydrogens (tertiary/aromatic N) is 1. The number of rotatable bonds is 4. The highest BCUT2D eigenvalue weighted by atomic mass is 14.9. The van der Waals surface area contributed by atoms with Gasteiger partial charge in [-0.05, 0) is 49.7 Å². The molecule has 100 valence electrons. The van der Waals surface area contributed by atoms with Gasteiger partial charge in [0, 0.05) is 28.3 Å². The molecule has 0 unspecified atom stereocenters. The van der Waals surface area contributed by atoms with E-state index in [-0.39, 0.29) is 0 Å². The normalized spacial score (nSPS) is 10.1. The minimum absolute atomic E-state index is 0.567. The first-order chi connectivity index (χ1) is 9.47. The van der Waals surface area contributed by atoms with Crippen molar-refractivity contribution in [3.8, 4) is 0 Å². The van der Waals surface area contributed by atoms with Gasteiger partial charge in [-0.3, -0.25) is 0 Å². The third-order valence-electron chi connectivity index (χ3n) is 3.24. The van der Waals surface area contributed by atoms with Gasteiger partial charge in [0.15, 0.2) is 0 Å². The lowest BCUT2D eigenvalue weighted by atomic mass is 10.1. The minimum Gasteiger partial charge on any atom is -0.472 e. The van der Waals surface area contributed by atoms with Gasteiger partial charge < -0.3 is 15.4 Å². The van der Waals surface area contributed by atoms with E-state index in [4.69, 9.17) is 5.41 Å². The summed E-state index contributed by atoms with van der Waals surface area (Å²) in [5, 5.41) is 11.3. The Morgan fingerprint density at radius 1 is 1.10 bits per heavy atom. The van der Waals surface area contributed by atoms with E-state index >= 15 is 0 Å². The van der Waals surface area contributed by atoms with Crippen molar-refractivity contribution in [3.63, 3.8) is 0 Å². The monoisotopic (exact) mass is 263 g/mol. The summed E-state index contributed by atoms with van der Waals surface area (Å²) in [7, 11) is 4.05. The Labute approximate surface area is 122 Å². The molecule has 0 amide bonds. The van der Waals surface area contributed by atoms with E-state index < -0.39 is 0 Å². The van der Waals surface area contributed by atoms with E-state index in [1.807, 2.05) is 35.0 Å². The molecule has 3 nitrogen and oxygen atoms in total. The Kier molecular flexibility index (Phi) is 4.18. The summed E-state index contributed by atoms with van der Waals surface area (Å²) < 4.78 is 2.07. The number of benzene rings is 2. The summed E-state index contributed by atoms with van der Waals surface area (Å²) in [5.74, 6) is 0. The molecule has 2 aromatic carbocycles. The molecule has 2 rings (SSSR count). The Hall–Kier alpha value is -2.16. The predicted molar refractivity (Wildman–Crippen MR) is 93.0 cm³/mol. The molecule has 0 aromatic heterocycles. The number of anilines is 3.